The minimum absolute atomic E-state index is 0.164. The molecule has 2 amide bonds. The molecule has 1 heterocycles. The molecule has 1 aliphatic heterocycles. The predicted octanol–water partition coefficient (Wildman–Crippen LogP) is 2.44. The molecule has 2 aliphatic rings. The van der Waals surface area contributed by atoms with Gasteiger partial charge in [-0.3, -0.25) is 4.79 Å². The lowest BCUT2D eigenvalue weighted by Crippen LogP contribution is -2.57. The lowest BCUT2D eigenvalue weighted by molar-refractivity contribution is -0.137. The summed E-state index contributed by atoms with van der Waals surface area (Å²) in [7, 11) is 0. The number of carbonyl (C=O) groups is 2. The van der Waals surface area contributed by atoms with Crippen LogP contribution in [0.1, 0.15) is 54.4 Å². The van der Waals surface area contributed by atoms with Crippen LogP contribution in [0.3, 0.4) is 0 Å². The standard InChI is InChI=1S/C17H27N3O3/c1-16(2,3)13(19-15(22)23-17(4,5)6)14(21)20-11(9-18)7-10-8-12(10)20/h10-13H,7-8H2,1-6H3,(H,19,22)/t10-,11+,12?,13?/m1/s1. The number of amides is 2. The Hall–Kier alpha value is -1.77. The van der Waals surface area contributed by atoms with E-state index in [0.717, 1.165) is 12.8 Å². The first-order valence-electron chi connectivity index (χ1n) is 8.15. The van der Waals surface area contributed by atoms with Gasteiger partial charge in [0.25, 0.3) is 0 Å². The Morgan fingerprint density at radius 1 is 1.22 bits per heavy atom. The number of hydrogen-bond donors (Lipinski definition) is 1. The number of nitrogens with zero attached hydrogens (tertiary/aromatic N) is 2. The van der Waals surface area contributed by atoms with Crippen molar-refractivity contribution in [1.82, 2.24) is 10.2 Å². The lowest BCUT2D eigenvalue weighted by atomic mass is 9.85. The van der Waals surface area contributed by atoms with E-state index in [4.69, 9.17) is 4.74 Å². The van der Waals surface area contributed by atoms with Gasteiger partial charge in [-0.15, -0.1) is 0 Å². The van der Waals surface area contributed by atoms with Crippen molar-refractivity contribution in [2.45, 2.75) is 78.1 Å². The topological polar surface area (TPSA) is 82.4 Å². The molecule has 0 aromatic carbocycles. The molecule has 6 heteroatoms. The Labute approximate surface area is 138 Å². The van der Waals surface area contributed by atoms with Crippen LogP contribution < -0.4 is 5.32 Å². The van der Waals surface area contributed by atoms with Gasteiger partial charge in [0.1, 0.15) is 17.7 Å². The fourth-order valence-electron chi connectivity index (χ4n) is 3.11. The van der Waals surface area contributed by atoms with Crippen molar-refractivity contribution in [3.8, 4) is 6.07 Å². The Balaban J connectivity index is 2.14. The molecule has 0 bridgehead atoms. The molecular weight excluding hydrogens is 294 g/mol. The molecule has 0 aromatic heterocycles. The van der Waals surface area contributed by atoms with Crippen LogP contribution in [-0.2, 0) is 9.53 Å². The Morgan fingerprint density at radius 2 is 1.83 bits per heavy atom. The number of likely N-dealkylation sites (tertiary alicyclic amines) is 1. The highest BCUT2D eigenvalue weighted by Crippen LogP contribution is 2.48. The number of nitrogens with one attached hydrogen (secondary N) is 1. The summed E-state index contributed by atoms with van der Waals surface area (Å²) in [4.78, 5) is 26.8. The molecule has 0 spiro atoms. The van der Waals surface area contributed by atoms with Crippen LogP contribution >= 0.6 is 0 Å². The van der Waals surface area contributed by atoms with E-state index in [9.17, 15) is 14.9 Å². The molecule has 0 radical (unpaired) electrons. The maximum atomic E-state index is 13.0. The second kappa shape index (κ2) is 5.70. The number of hydrogen-bond acceptors (Lipinski definition) is 4. The predicted molar refractivity (Wildman–Crippen MR) is 85.4 cm³/mol. The van der Waals surface area contributed by atoms with Crippen molar-refractivity contribution in [3.63, 3.8) is 0 Å². The normalized spacial score (nSPS) is 27.7. The molecule has 23 heavy (non-hydrogen) atoms. The van der Waals surface area contributed by atoms with Gasteiger partial charge in [0.15, 0.2) is 0 Å². The van der Waals surface area contributed by atoms with Crippen LogP contribution in [0.15, 0.2) is 0 Å². The molecule has 1 saturated carbocycles. The third kappa shape index (κ3) is 3.95. The summed E-state index contributed by atoms with van der Waals surface area (Å²) < 4.78 is 5.28. The van der Waals surface area contributed by atoms with E-state index >= 15 is 0 Å². The van der Waals surface area contributed by atoms with Gasteiger partial charge in [0, 0.05) is 6.04 Å². The zero-order valence-corrected chi connectivity index (χ0v) is 14.8. The summed E-state index contributed by atoms with van der Waals surface area (Å²) in [5, 5.41) is 12.0. The first kappa shape index (κ1) is 17.6. The summed E-state index contributed by atoms with van der Waals surface area (Å²) >= 11 is 0. The highest BCUT2D eigenvalue weighted by Gasteiger charge is 2.56. The number of alkyl carbamates (subject to hydrolysis) is 1. The number of carbonyl (C=O) groups excluding carboxylic acids is 2. The van der Waals surface area contributed by atoms with Gasteiger partial charge in [0.05, 0.1) is 6.07 Å². The zero-order valence-electron chi connectivity index (χ0n) is 14.8. The third-order valence-electron chi connectivity index (χ3n) is 4.28. The van der Waals surface area contributed by atoms with E-state index in [1.165, 1.54) is 0 Å². The second-order valence-corrected chi connectivity index (χ2v) is 8.63. The Kier molecular flexibility index (Phi) is 4.36. The summed E-state index contributed by atoms with van der Waals surface area (Å²) in [6, 6.07) is 1.29. The minimum Gasteiger partial charge on any atom is -0.444 e. The van der Waals surface area contributed by atoms with Crippen molar-refractivity contribution in [1.29, 1.82) is 5.26 Å². The van der Waals surface area contributed by atoms with Crippen LogP contribution in [0, 0.1) is 22.7 Å². The van der Waals surface area contributed by atoms with Gasteiger partial charge >= 0.3 is 6.09 Å². The second-order valence-electron chi connectivity index (χ2n) is 8.63. The van der Waals surface area contributed by atoms with E-state index < -0.39 is 23.2 Å². The average Bonchev–Trinajstić information content (AvgIpc) is 3.03. The highest BCUT2D eigenvalue weighted by molar-refractivity contribution is 5.88. The van der Waals surface area contributed by atoms with Gasteiger partial charge in [-0.25, -0.2) is 4.79 Å². The largest absolute Gasteiger partial charge is 0.444 e. The first-order chi connectivity index (χ1) is 10.4. The Morgan fingerprint density at radius 3 is 2.30 bits per heavy atom. The molecule has 128 valence electrons. The fraction of sp³-hybridized carbons (Fsp3) is 0.824. The van der Waals surface area contributed by atoms with Gasteiger partial charge in [-0.1, -0.05) is 20.8 Å². The van der Waals surface area contributed by atoms with Crippen LogP contribution in [0.5, 0.6) is 0 Å². The average molecular weight is 321 g/mol. The minimum atomic E-state index is -0.715. The molecule has 2 rings (SSSR count). The molecule has 1 aliphatic carbocycles. The van der Waals surface area contributed by atoms with Crippen molar-refractivity contribution in [2.24, 2.45) is 11.3 Å². The van der Waals surface area contributed by atoms with E-state index in [0.29, 0.717) is 5.92 Å². The number of rotatable bonds is 2. The van der Waals surface area contributed by atoms with E-state index in [1.807, 2.05) is 20.8 Å². The molecule has 2 fully saturated rings. The molecule has 2 unspecified atom stereocenters. The van der Waals surface area contributed by atoms with E-state index in [1.54, 1.807) is 25.7 Å². The maximum Gasteiger partial charge on any atom is 0.408 e. The number of piperidine rings is 1. The quantitative estimate of drug-likeness (QED) is 0.847. The molecule has 6 nitrogen and oxygen atoms in total. The van der Waals surface area contributed by atoms with Crippen molar-refractivity contribution in [3.05, 3.63) is 0 Å². The van der Waals surface area contributed by atoms with Gasteiger partial charge in [-0.2, -0.15) is 5.26 Å². The first-order valence-corrected chi connectivity index (χ1v) is 8.15. The number of fused-ring (bicyclic) bond motifs is 1. The van der Waals surface area contributed by atoms with Crippen molar-refractivity contribution >= 4 is 12.0 Å². The van der Waals surface area contributed by atoms with E-state index in [-0.39, 0.29) is 18.0 Å². The van der Waals surface area contributed by atoms with Crippen LogP contribution in [0.25, 0.3) is 0 Å². The highest BCUT2D eigenvalue weighted by atomic mass is 16.6. The molecule has 1 saturated heterocycles. The third-order valence-corrected chi connectivity index (χ3v) is 4.28. The van der Waals surface area contributed by atoms with Gasteiger partial charge in [0.2, 0.25) is 5.91 Å². The summed E-state index contributed by atoms with van der Waals surface area (Å²) in [6.45, 7) is 11.0. The van der Waals surface area contributed by atoms with E-state index in [2.05, 4.69) is 11.4 Å². The van der Waals surface area contributed by atoms with Crippen LogP contribution in [-0.4, -0.2) is 40.6 Å². The summed E-state index contributed by atoms with van der Waals surface area (Å²) in [6.07, 6.45) is 1.11. The monoisotopic (exact) mass is 321 g/mol. The van der Waals surface area contributed by atoms with Gasteiger partial charge < -0.3 is 15.0 Å². The zero-order chi connectivity index (χ0) is 17.6. The van der Waals surface area contributed by atoms with Crippen molar-refractivity contribution < 1.29 is 14.3 Å². The lowest BCUT2D eigenvalue weighted by Gasteiger charge is -2.35. The smallest absolute Gasteiger partial charge is 0.408 e. The SMILES string of the molecule is CC(C)(C)OC(=O)NC(C(=O)N1C2C[C@H]2C[C@H]1C#N)C(C)(C)C. The Bertz CT molecular complexity index is 539. The van der Waals surface area contributed by atoms with Crippen molar-refractivity contribution in [2.75, 3.05) is 0 Å². The maximum absolute atomic E-state index is 13.0. The summed E-state index contributed by atoms with van der Waals surface area (Å²) in [5.41, 5.74) is -1.10. The fourth-order valence-corrected chi connectivity index (χ4v) is 3.11. The number of ether oxygens (including phenoxy) is 1. The summed E-state index contributed by atoms with van der Waals surface area (Å²) in [5.74, 6) is 0.269. The molecular formula is C17H27N3O3. The number of nitriles is 1. The molecule has 4 atom stereocenters. The van der Waals surface area contributed by atoms with Crippen LogP contribution in [0.4, 0.5) is 4.79 Å². The molecule has 0 aromatic rings. The van der Waals surface area contributed by atoms with Crippen LogP contribution in [0.2, 0.25) is 0 Å². The van der Waals surface area contributed by atoms with Gasteiger partial charge in [-0.05, 0) is 44.9 Å². The molecule has 1 N–H and O–H groups in total.